The molecule has 6 nitrogen and oxygen atoms in total. The van der Waals surface area contributed by atoms with Crippen LogP contribution in [0.1, 0.15) is 29.3 Å². The Morgan fingerprint density at radius 1 is 1.21 bits per heavy atom. The molecule has 1 aliphatic rings. The first-order valence-electron chi connectivity index (χ1n) is 9.94. The van der Waals surface area contributed by atoms with Crippen LogP contribution in [0.2, 0.25) is 5.02 Å². The topological polar surface area (TPSA) is 68.8 Å². The van der Waals surface area contributed by atoms with Crippen molar-refractivity contribution in [3.05, 3.63) is 64.7 Å². The molecule has 0 aromatic heterocycles. The molecule has 29 heavy (non-hydrogen) atoms. The molecule has 1 heterocycles. The fraction of sp³-hybridized carbons (Fsp3) is 0.364. The molecule has 1 saturated heterocycles. The number of hydrogen-bond acceptors (Lipinski definition) is 3. The number of aliphatic imine (C=N–C) groups is 1. The highest BCUT2D eigenvalue weighted by atomic mass is 35.5. The Kier molecular flexibility index (Phi) is 7.36. The number of anilines is 1. The van der Waals surface area contributed by atoms with Crippen molar-refractivity contribution in [3.63, 3.8) is 0 Å². The van der Waals surface area contributed by atoms with Crippen LogP contribution >= 0.6 is 11.6 Å². The predicted molar refractivity (Wildman–Crippen MR) is 120 cm³/mol. The van der Waals surface area contributed by atoms with E-state index < -0.39 is 0 Å². The molecule has 0 aliphatic carbocycles. The molecule has 7 heteroatoms. The third kappa shape index (κ3) is 5.87. The molecule has 0 radical (unpaired) electrons. The maximum absolute atomic E-state index is 12.0. The summed E-state index contributed by atoms with van der Waals surface area (Å²) in [5.41, 5.74) is 2.85. The molecule has 3 rings (SSSR count). The normalized spacial score (nSPS) is 16.6. The number of rotatable bonds is 6. The molecule has 1 amide bonds. The van der Waals surface area contributed by atoms with Gasteiger partial charge in [0.1, 0.15) is 0 Å². The summed E-state index contributed by atoms with van der Waals surface area (Å²) in [6.07, 6.45) is 1.03. The average Bonchev–Trinajstić information content (AvgIpc) is 3.20. The zero-order valence-corrected chi connectivity index (χ0v) is 17.7. The number of nitrogens with one attached hydrogen (secondary N) is 3. The highest BCUT2D eigenvalue weighted by Crippen LogP contribution is 2.23. The summed E-state index contributed by atoms with van der Waals surface area (Å²) in [4.78, 5) is 18.7. The summed E-state index contributed by atoms with van der Waals surface area (Å²) in [5.74, 6) is 0.704. The molecule has 1 fully saturated rings. The second-order valence-electron chi connectivity index (χ2n) is 7.04. The molecule has 1 aliphatic heterocycles. The van der Waals surface area contributed by atoms with Crippen LogP contribution in [0.4, 0.5) is 5.69 Å². The van der Waals surface area contributed by atoms with Gasteiger partial charge in [0.2, 0.25) is 0 Å². The van der Waals surface area contributed by atoms with Gasteiger partial charge in [0.05, 0.1) is 0 Å². The molecule has 2 aromatic carbocycles. The summed E-state index contributed by atoms with van der Waals surface area (Å²) in [6.45, 7) is 5.00. The van der Waals surface area contributed by atoms with E-state index in [1.165, 1.54) is 0 Å². The Morgan fingerprint density at radius 2 is 2.03 bits per heavy atom. The van der Waals surface area contributed by atoms with Crippen LogP contribution in [0, 0.1) is 0 Å². The van der Waals surface area contributed by atoms with Crippen molar-refractivity contribution >= 4 is 29.2 Å². The van der Waals surface area contributed by atoms with E-state index in [2.05, 4.69) is 31.9 Å². The number of amides is 1. The summed E-state index contributed by atoms with van der Waals surface area (Å²) in [5, 5.41) is 10.4. The molecular formula is C22H28ClN5O. The number of benzene rings is 2. The number of carbonyl (C=O) groups excluding carboxylic acids is 1. The lowest BCUT2D eigenvalue weighted by Crippen LogP contribution is -2.44. The minimum atomic E-state index is -0.0519. The monoisotopic (exact) mass is 413 g/mol. The Balaban J connectivity index is 1.53. The zero-order chi connectivity index (χ0) is 20.6. The molecule has 0 spiro atoms. The fourth-order valence-electron chi connectivity index (χ4n) is 3.44. The lowest BCUT2D eigenvalue weighted by Gasteiger charge is -2.20. The number of guanidine groups is 1. The van der Waals surface area contributed by atoms with E-state index >= 15 is 0 Å². The minimum Gasteiger partial charge on any atom is -0.369 e. The number of halogens is 1. The van der Waals surface area contributed by atoms with Gasteiger partial charge in [-0.25, -0.2) is 0 Å². The van der Waals surface area contributed by atoms with Crippen LogP contribution < -0.4 is 20.9 Å². The lowest BCUT2D eigenvalue weighted by atomic mass is 10.1. The van der Waals surface area contributed by atoms with Crippen molar-refractivity contribution < 1.29 is 4.79 Å². The van der Waals surface area contributed by atoms with Crippen LogP contribution in [0.3, 0.4) is 0 Å². The van der Waals surface area contributed by atoms with E-state index in [1.54, 1.807) is 7.05 Å². The predicted octanol–water partition coefficient (Wildman–Crippen LogP) is 3.03. The van der Waals surface area contributed by atoms with Gasteiger partial charge in [-0.3, -0.25) is 9.79 Å². The summed E-state index contributed by atoms with van der Waals surface area (Å²) < 4.78 is 0. The van der Waals surface area contributed by atoms with E-state index in [0.29, 0.717) is 24.7 Å². The Labute approximate surface area is 177 Å². The smallest absolute Gasteiger partial charge is 0.251 e. The van der Waals surface area contributed by atoms with Crippen molar-refractivity contribution in [1.29, 1.82) is 0 Å². The highest BCUT2D eigenvalue weighted by Gasteiger charge is 2.23. The highest BCUT2D eigenvalue weighted by molar-refractivity contribution is 6.30. The zero-order valence-electron chi connectivity index (χ0n) is 16.9. The molecule has 1 atom stereocenters. The molecule has 0 bridgehead atoms. The maximum atomic E-state index is 12.0. The van der Waals surface area contributed by atoms with Crippen molar-refractivity contribution in [2.24, 2.45) is 4.99 Å². The number of nitrogens with zero attached hydrogens (tertiary/aromatic N) is 2. The summed E-state index contributed by atoms with van der Waals surface area (Å²) in [7, 11) is 1.77. The van der Waals surface area contributed by atoms with E-state index in [1.807, 2.05) is 49.4 Å². The average molecular weight is 414 g/mol. The van der Waals surface area contributed by atoms with Crippen molar-refractivity contribution in [1.82, 2.24) is 16.0 Å². The van der Waals surface area contributed by atoms with E-state index in [0.717, 1.165) is 41.7 Å². The first kappa shape index (κ1) is 21.0. The minimum absolute atomic E-state index is 0.0519. The SMILES string of the molecule is CCNC(=O)c1cccc(CNC(=NC)NC2CCN(c3cccc(Cl)c3)C2)c1. The van der Waals surface area contributed by atoms with Crippen molar-refractivity contribution in [2.75, 3.05) is 31.6 Å². The van der Waals surface area contributed by atoms with Gasteiger partial charge in [-0.2, -0.15) is 0 Å². The molecule has 2 aromatic rings. The van der Waals surface area contributed by atoms with Crippen LogP contribution in [-0.4, -0.2) is 44.6 Å². The van der Waals surface area contributed by atoms with Crippen molar-refractivity contribution in [3.8, 4) is 0 Å². The van der Waals surface area contributed by atoms with Crippen LogP contribution in [0.5, 0.6) is 0 Å². The Bertz CT molecular complexity index is 870. The van der Waals surface area contributed by atoms with Gasteiger partial charge in [-0.05, 0) is 49.2 Å². The van der Waals surface area contributed by atoms with Crippen LogP contribution in [0.15, 0.2) is 53.5 Å². The number of carbonyl (C=O) groups is 1. The van der Waals surface area contributed by atoms with Gasteiger partial charge in [0.25, 0.3) is 5.91 Å². The van der Waals surface area contributed by atoms with E-state index in [-0.39, 0.29) is 5.91 Å². The van der Waals surface area contributed by atoms with Gasteiger partial charge in [0, 0.05) is 55.5 Å². The number of hydrogen-bond donors (Lipinski definition) is 3. The van der Waals surface area contributed by atoms with Crippen molar-refractivity contribution in [2.45, 2.75) is 25.9 Å². The van der Waals surface area contributed by atoms with Gasteiger partial charge in [0.15, 0.2) is 5.96 Å². The van der Waals surface area contributed by atoms with E-state index in [9.17, 15) is 4.79 Å². The fourth-order valence-corrected chi connectivity index (χ4v) is 3.63. The molecule has 0 saturated carbocycles. The Hall–Kier alpha value is -2.73. The second kappa shape index (κ2) is 10.2. The third-order valence-corrected chi connectivity index (χ3v) is 5.15. The van der Waals surface area contributed by atoms with Gasteiger partial charge in [-0.15, -0.1) is 0 Å². The Morgan fingerprint density at radius 3 is 2.79 bits per heavy atom. The quantitative estimate of drug-likeness (QED) is 0.503. The van der Waals surface area contributed by atoms with Gasteiger partial charge < -0.3 is 20.9 Å². The van der Waals surface area contributed by atoms with E-state index in [4.69, 9.17) is 11.6 Å². The molecule has 3 N–H and O–H groups in total. The third-order valence-electron chi connectivity index (χ3n) is 4.91. The summed E-state index contributed by atoms with van der Waals surface area (Å²) in [6, 6.07) is 15.9. The first-order valence-corrected chi connectivity index (χ1v) is 10.3. The van der Waals surface area contributed by atoms with Gasteiger partial charge >= 0.3 is 0 Å². The standard InChI is InChI=1S/C22H28ClN5O/c1-3-25-21(29)17-7-4-6-16(12-17)14-26-22(24-2)27-19-10-11-28(15-19)20-9-5-8-18(23)13-20/h4-9,12-13,19H,3,10-11,14-15H2,1-2H3,(H,25,29)(H2,24,26,27). The summed E-state index contributed by atoms with van der Waals surface area (Å²) >= 11 is 6.12. The molecular weight excluding hydrogens is 386 g/mol. The van der Waals surface area contributed by atoms with Gasteiger partial charge in [-0.1, -0.05) is 29.8 Å². The lowest BCUT2D eigenvalue weighted by molar-refractivity contribution is 0.0955. The van der Waals surface area contributed by atoms with Crippen LogP contribution in [-0.2, 0) is 6.54 Å². The second-order valence-corrected chi connectivity index (χ2v) is 7.48. The first-order chi connectivity index (χ1) is 14.1. The molecule has 1 unspecified atom stereocenters. The maximum Gasteiger partial charge on any atom is 0.251 e. The molecule has 154 valence electrons. The largest absolute Gasteiger partial charge is 0.369 e. The van der Waals surface area contributed by atoms with Crippen LogP contribution in [0.25, 0.3) is 0 Å².